The number of alkyl halides is 3. The molecule has 1 rings (SSSR count). The van der Waals surface area contributed by atoms with Crippen LogP contribution in [-0.2, 0) is 21.0 Å². The maximum Gasteiger partial charge on any atom is 0.415 e. The minimum absolute atomic E-state index is 0.0934. The van der Waals surface area contributed by atoms with Crippen LogP contribution in [0.25, 0.3) is 0 Å². The summed E-state index contributed by atoms with van der Waals surface area (Å²) in [5.74, 6) is -1.85. The Hall–Kier alpha value is -1.08. The van der Waals surface area contributed by atoms with Crippen molar-refractivity contribution >= 4 is 9.84 Å². The van der Waals surface area contributed by atoms with E-state index in [4.69, 9.17) is 5.11 Å². The Morgan fingerprint density at radius 2 is 1.57 bits per heavy atom. The Morgan fingerprint density at radius 3 is 1.95 bits per heavy atom. The first-order valence-corrected chi connectivity index (χ1v) is 8.18. The van der Waals surface area contributed by atoms with Crippen LogP contribution in [0.3, 0.4) is 0 Å². The molecule has 0 bridgehead atoms. The Labute approximate surface area is 122 Å². The SMILES string of the molecule is CC(C)(C)c1ccc(CS(=O)(=O)C[C@H](O)C(F)(F)F)cc1. The number of halogens is 3. The molecule has 1 aromatic rings. The zero-order valence-corrected chi connectivity index (χ0v) is 12.9. The predicted molar refractivity (Wildman–Crippen MR) is 74.7 cm³/mol. The van der Waals surface area contributed by atoms with Crippen LogP contribution in [0.15, 0.2) is 24.3 Å². The average Bonchev–Trinajstić information content (AvgIpc) is 2.25. The maximum atomic E-state index is 12.2. The van der Waals surface area contributed by atoms with Gasteiger partial charge in [0.05, 0.1) is 11.5 Å². The Kier molecular flexibility index (Phi) is 5.10. The van der Waals surface area contributed by atoms with E-state index in [-0.39, 0.29) is 5.41 Å². The highest BCUT2D eigenvalue weighted by molar-refractivity contribution is 7.90. The highest BCUT2D eigenvalue weighted by Gasteiger charge is 2.40. The third-order valence-corrected chi connectivity index (χ3v) is 4.59. The molecule has 120 valence electrons. The van der Waals surface area contributed by atoms with E-state index in [1.165, 1.54) is 0 Å². The molecule has 0 saturated carbocycles. The molecular formula is C14H19F3O3S. The third kappa shape index (κ3) is 5.67. The van der Waals surface area contributed by atoms with Gasteiger partial charge in [-0.2, -0.15) is 13.2 Å². The lowest BCUT2D eigenvalue weighted by Gasteiger charge is -2.19. The van der Waals surface area contributed by atoms with Crippen LogP contribution in [0.1, 0.15) is 31.9 Å². The van der Waals surface area contributed by atoms with Crippen LogP contribution >= 0.6 is 0 Å². The number of sulfone groups is 1. The molecule has 1 N–H and O–H groups in total. The van der Waals surface area contributed by atoms with Crippen molar-refractivity contribution in [3.05, 3.63) is 35.4 Å². The minimum Gasteiger partial charge on any atom is -0.383 e. The van der Waals surface area contributed by atoms with Gasteiger partial charge in [-0.1, -0.05) is 45.0 Å². The summed E-state index contributed by atoms with van der Waals surface area (Å²) >= 11 is 0. The first-order valence-electron chi connectivity index (χ1n) is 6.36. The van der Waals surface area contributed by atoms with Gasteiger partial charge in [0, 0.05) is 0 Å². The van der Waals surface area contributed by atoms with Crippen molar-refractivity contribution in [3.8, 4) is 0 Å². The first kappa shape index (κ1) is 18.0. The molecule has 7 heteroatoms. The molecule has 0 aromatic heterocycles. The van der Waals surface area contributed by atoms with E-state index in [1.807, 2.05) is 20.8 Å². The number of aliphatic hydroxyl groups excluding tert-OH is 1. The lowest BCUT2D eigenvalue weighted by atomic mass is 9.87. The molecule has 0 spiro atoms. The first-order chi connectivity index (χ1) is 9.31. The summed E-state index contributed by atoms with van der Waals surface area (Å²) in [6, 6.07) is 6.67. The minimum atomic E-state index is -4.93. The smallest absolute Gasteiger partial charge is 0.383 e. The lowest BCUT2D eigenvalue weighted by molar-refractivity contribution is -0.196. The predicted octanol–water partition coefficient (Wildman–Crippen LogP) is 2.82. The second-order valence-corrected chi connectivity index (χ2v) is 8.17. The molecule has 3 nitrogen and oxygen atoms in total. The maximum absolute atomic E-state index is 12.2. The molecule has 1 atom stereocenters. The van der Waals surface area contributed by atoms with Crippen molar-refractivity contribution in [3.63, 3.8) is 0 Å². The number of benzene rings is 1. The van der Waals surface area contributed by atoms with Gasteiger partial charge >= 0.3 is 6.18 Å². The highest BCUT2D eigenvalue weighted by atomic mass is 32.2. The van der Waals surface area contributed by atoms with Crippen LogP contribution < -0.4 is 0 Å². The van der Waals surface area contributed by atoms with E-state index in [0.717, 1.165) is 5.56 Å². The molecule has 0 radical (unpaired) electrons. The van der Waals surface area contributed by atoms with E-state index in [1.54, 1.807) is 24.3 Å². The van der Waals surface area contributed by atoms with Gasteiger partial charge in [-0.25, -0.2) is 8.42 Å². The quantitative estimate of drug-likeness (QED) is 0.926. The van der Waals surface area contributed by atoms with E-state index in [9.17, 15) is 21.6 Å². The zero-order valence-electron chi connectivity index (χ0n) is 12.1. The van der Waals surface area contributed by atoms with Crippen molar-refractivity contribution in [2.45, 2.75) is 44.2 Å². The standard InChI is InChI=1S/C14H19F3O3S/c1-13(2,3)11-6-4-10(5-7-11)8-21(19,20)9-12(18)14(15,16)17/h4-7,12,18H,8-9H2,1-3H3/t12-/m0/s1. The van der Waals surface area contributed by atoms with Crippen LogP contribution in [0.5, 0.6) is 0 Å². The molecule has 1 aromatic carbocycles. The van der Waals surface area contributed by atoms with E-state index < -0.39 is 33.6 Å². The Bertz CT molecular complexity index is 569. The summed E-state index contributed by atoms with van der Waals surface area (Å²) in [7, 11) is -4.04. The zero-order chi connectivity index (χ0) is 16.5. The molecule has 0 aliphatic rings. The largest absolute Gasteiger partial charge is 0.415 e. The topological polar surface area (TPSA) is 54.4 Å². The molecule has 21 heavy (non-hydrogen) atoms. The van der Waals surface area contributed by atoms with Gasteiger partial charge in [-0.15, -0.1) is 0 Å². The molecular weight excluding hydrogens is 305 g/mol. The van der Waals surface area contributed by atoms with E-state index >= 15 is 0 Å². The van der Waals surface area contributed by atoms with Crippen LogP contribution in [0.4, 0.5) is 13.2 Å². The van der Waals surface area contributed by atoms with Crippen LogP contribution in [0.2, 0.25) is 0 Å². The fourth-order valence-corrected chi connectivity index (χ4v) is 3.24. The fourth-order valence-electron chi connectivity index (χ4n) is 1.75. The summed E-state index contributed by atoms with van der Waals surface area (Å²) < 4.78 is 59.9. The summed E-state index contributed by atoms with van der Waals surface area (Å²) in [5, 5.41) is 8.85. The van der Waals surface area contributed by atoms with Crippen molar-refractivity contribution in [2.24, 2.45) is 0 Å². The molecule has 0 unspecified atom stereocenters. The molecule has 0 amide bonds. The van der Waals surface area contributed by atoms with Crippen molar-refractivity contribution < 1.29 is 26.7 Å². The van der Waals surface area contributed by atoms with Gasteiger partial charge in [0.2, 0.25) is 0 Å². The van der Waals surface area contributed by atoms with Gasteiger partial charge in [-0.3, -0.25) is 0 Å². The van der Waals surface area contributed by atoms with Gasteiger partial charge < -0.3 is 5.11 Å². The van der Waals surface area contributed by atoms with E-state index in [2.05, 4.69) is 0 Å². The van der Waals surface area contributed by atoms with Gasteiger partial charge in [0.25, 0.3) is 0 Å². The Balaban J connectivity index is 2.81. The van der Waals surface area contributed by atoms with Crippen molar-refractivity contribution in [1.82, 2.24) is 0 Å². The second kappa shape index (κ2) is 5.96. The summed E-state index contributed by atoms with van der Waals surface area (Å²) in [6.07, 6.45) is -7.78. The number of rotatable bonds is 4. The third-order valence-electron chi connectivity index (χ3n) is 3.00. The van der Waals surface area contributed by atoms with Crippen molar-refractivity contribution in [1.29, 1.82) is 0 Å². The van der Waals surface area contributed by atoms with Gasteiger partial charge in [0.15, 0.2) is 15.9 Å². The monoisotopic (exact) mass is 324 g/mol. The summed E-state index contributed by atoms with van der Waals surface area (Å²) in [4.78, 5) is 0. The lowest BCUT2D eigenvalue weighted by Crippen LogP contribution is -2.35. The highest BCUT2D eigenvalue weighted by Crippen LogP contribution is 2.24. The molecule has 0 aliphatic heterocycles. The van der Waals surface area contributed by atoms with Gasteiger partial charge in [0.1, 0.15) is 0 Å². The molecule has 0 heterocycles. The van der Waals surface area contributed by atoms with E-state index in [0.29, 0.717) is 5.56 Å². The van der Waals surface area contributed by atoms with Crippen molar-refractivity contribution in [2.75, 3.05) is 5.75 Å². The molecule has 0 aliphatic carbocycles. The Morgan fingerprint density at radius 1 is 1.10 bits per heavy atom. The summed E-state index contributed by atoms with van der Waals surface area (Å²) in [6.45, 7) is 6.00. The normalized spacial score (nSPS) is 15.0. The molecule has 0 fully saturated rings. The number of hydrogen-bond donors (Lipinski definition) is 1. The number of hydrogen-bond acceptors (Lipinski definition) is 3. The van der Waals surface area contributed by atoms with Gasteiger partial charge in [-0.05, 0) is 16.5 Å². The fraction of sp³-hybridized carbons (Fsp3) is 0.571. The second-order valence-electron chi connectivity index (χ2n) is 6.06. The van der Waals surface area contributed by atoms with Crippen LogP contribution in [-0.4, -0.2) is 31.6 Å². The molecule has 0 saturated heterocycles. The van der Waals surface area contributed by atoms with Crippen LogP contribution in [0, 0.1) is 0 Å². The average molecular weight is 324 g/mol. The number of aliphatic hydroxyl groups is 1. The summed E-state index contributed by atoms with van der Waals surface area (Å²) in [5.41, 5.74) is 1.31.